The standard InChI is InChI=1S/C27H25FN6O3/c1-16(17-5-4-6-20(28)11-17)29-26(36)22-14-33(2)23-9-7-18(12-21(22)23)19-8-10-24-30-27(32-34(24)13-19)31-25(35)15-37-3/h4-14,16H,15H2,1-3H3,(H,29,36)(H,31,32,35)/t16-/m0/s1. The number of aryl methyl sites for hydroxylation is 1. The number of anilines is 1. The van der Waals surface area contributed by atoms with E-state index >= 15 is 0 Å². The van der Waals surface area contributed by atoms with E-state index in [1.54, 1.807) is 28.9 Å². The van der Waals surface area contributed by atoms with Gasteiger partial charge in [-0.15, -0.1) is 5.10 Å². The molecule has 188 valence electrons. The van der Waals surface area contributed by atoms with Crippen molar-refractivity contribution in [3.63, 3.8) is 0 Å². The van der Waals surface area contributed by atoms with Crippen LogP contribution in [0.5, 0.6) is 0 Å². The number of hydrogen-bond acceptors (Lipinski definition) is 5. The van der Waals surface area contributed by atoms with Crippen molar-refractivity contribution in [2.45, 2.75) is 13.0 Å². The van der Waals surface area contributed by atoms with Crippen LogP contribution in [0.25, 0.3) is 27.7 Å². The van der Waals surface area contributed by atoms with E-state index in [0.29, 0.717) is 16.8 Å². The van der Waals surface area contributed by atoms with E-state index in [9.17, 15) is 14.0 Å². The highest BCUT2D eigenvalue weighted by Gasteiger charge is 2.18. The number of nitrogens with one attached hydrogen (secondary N) is 2. The minimum atomic E-state index is -0.366. The van der Waals surface area contributed by atoms with Gasteiger partial charge in [0.15, 0.2) is 5.65 Å². The number of amides is 2. The van der Waals surface area contributed by atoms with Crippen molar-refractivity contribution >= 4 is 34.3 Å². The number of carbonyl (C=O) groups excluding carboxylic acids is 2. The van der Waals surface area contributed by atoms with Crippen LogP contribution in [0.1, 0.15) is 28.9 Å². The zero-order valence-corrected chi connectivity index (χ0v) is 20.5. The molecule has 0 aliphatic carbocycles. The van der Waals surface area contributed by atoms with Gasteiger partial charge in [-0.1, -0.05) is 18.2 Å². The average Bonchev–Trinajstić information content (AvgIpc) is 3.43. The third kappa shape index (κ3) is 4.91. The second-order valence-electron chi connectivity index (χ2n) is 8.77. The number of halogens is 1. The predicted molar refractivity (Wildman–Crippen MR) is 138 cm³/mol. The van der Waals surface area contributed by atoms with Crippen molar-refractivity contribution in [3.8, 4) is 11.1 Å². The average molecular weight is 501 g/mol. The first-order chi connectivity index (χ1) is 17.8. The molecule has 0 radical (unpaired) electrons. The van der Waals surface area contributed by atoms with E-state index < -0.39 is 0 Å². The van der Waals surface area contributed by atoms with Crippen molar-refractivity contribution in [1.82, 2.24) is 24.5 Å². The van der Waals surface area contributed by atoms with E-state index in [1.807, 2.05) is 49.0 Å². The molecule has 0 fully saturated rings. The number of hydrogen-bond donors (Lipinski definition) is 2. The van der Waals surface area contributed by atoms with Gasteiger partial charge in [-0.3, -0.25) is 14.9 Å². The Bertz CT molecular complexity index is 1640. The maximum absolute atomic E-state index is 13.6. The van der Waals surface area contributed by atoms with Crippen LogP contribution in [-0.4, -0.2) is 44.7 Å². The highest BCUT2D eigenvalue weighted by atomic mass is 19.1. The summed E-state index contributed by atoms with van der Waals surface area (Å²) < 4.78 is 21.9. The van der Waals surface area contributed by atoms with Gasteiger partial charge in [0.1, 0.15) is 12.4 Å². The van der Waals surface area contributed by atoms with Gasteiger partial charge >= 0.3 is 0 Å². The molecule has 2 N–H and O–H groups in total. The van der Waals surface area contributed by atoms with Crippen molar-refractivity contribution in [2.24, 2.45) is 7.05 Å². The van der Waals surface area contributed by atoms with Gasteiger partial charge in [-0.05, 0) is 54.4 Å². The van der Waals surface area contributed by atoms with Crippen molar-refractivity contribution in [3.05, 3.63) is 83.9 Å². The zero-order chi connectivity index (χ0) is 26.1. The fraction of sp³-hybridized carbons (Fsp3) is 0.185. The van der Waals surface area contributed by atoms with Crippen LogP contribution in [0.4, 0.5) is 10.3 Å². The van der Waals surface area contributed by atoms with Gasteiger partial charge in [0.25, 0.3) is 11.8 Å². The normalized spacial score (nSPS) is 12.1. The predicted octanol–water partition coefficient (Wildman–Crippen LogP) is 4.10. The third-order valence-corrected chi connectivity index (χ3v) is 6.12. The molecule has 0 aliphatic rings. The molecule has 3 heterocycles. The fourth-order valence-corrected chi connectivity index (χ4v) is 4.28. The summed E-state index contributed by atoms with van der Waals surface area (Å²) in [5.41, 5.74) is 4.42. The molecule has 2 amide bonds. The minimum Gasteiger partial charge on any atom is -0.375 e. The molecule has 0 saturated heterocycles. The number of benzene rings is 2. The Kier molecular flexibility index (Phi) is 6.41. The summed E-state index contributed by atoms with van der Waals surface area (Å²) in [5.74, 6) is -0.750. The molecule has 2 aromatic carbocycles. The zero-order valence-electron chi connectivity index (χ0n) is 20.5. The summed E-state index contributed by atoms with van der Waals surface area (Å²) in [4.78, 5) is 29.3. The van der Waals surface area contributed by atoms with Crippen LogP contribution >= 0.6 is 0 Å². The van der Waals surface area contributed by atoms with E-state index in [4.69, 9.17) is 4.74 Å². The lowest BCUT2D eigenvalue weighted by Crippen LogP contribution is -2.26. The summed E-state index contributed by atoms with van der Waals surface area (Å²) in [6.07, 6.45) is 3.60. The van der Waals surface area contributed by atoms with Crippen molar-refractivity contribution in [1.29, 1.82) is 0 Å². The monoisotopic (exact) mass is 500 g/mol. The van der Waals surface area contributed by atoms with Crippen LogP contribution in [0, 0.1) is 5.82 Å². The lowest BCUT2D eigenvalue weighted by molar-refractivity contribution is -0.119. The lowest BCUT2D eigenvalue weighted by Gasteiger charge is -2.14. The summed E-state index contributed by atoms with van der Waals surface area (Å²) in [5, 5.41) is 10.7. The van der Waals surface area contributed by atoms with Gasteiger partial charge in [-0.2, -0.15) is 4.98 Å². The van der Waals surface area contributed by atoms with Gasteiger partial charge in [0.2, 0.25) is 5.95 Å². The summed E-state index contributed by atoms with van der Waals surface area (Å²) in [7, 11) is 3.32. The quantitative estimate of drug-likeness (QED) is 0.350. The number of fused-ring (bicyclic) bond motifs is 2. The van der Waals surface area contributed by atoms with Crippen molar-refractivity contribution in [2.75, 3.05) is 19.0 Å². The molecule has 0 aliphatic heterocycles. The second-order valence-corrected chi connectivity index (χ2v) is 8.77. The van der Waals surface area contributed by atoms with E-state index in [2.05, 4.69) is 20.7 Å². The molecule has 10 heteroatoms. The molecule has 5 rings (SSSR count). The molecule has 0 spiro atoms. The number of carbonyl (C=O) groups is 2. The molecule has 37 heavy (non-hydrogen) atoms. The van der Waals surface area contributed by atoms with Crippen LogP contribution in [0.15, 0.2) is 67.0 Å². The molecule has 3 aromatic heterocycles. The first-order valence-electron chi connectivity index (χ1n) is 11.6. The van der Waals surface area contributed by atoms with Gasteiger partial charge < -0.3 is 14.6 Å². The molecule has 0 bridgehead atoms. The molecule has 9 nitrogen and oxygen atoms in total. The van der Waals surface area contributed by atoms with E-state index in [0.717, 1.165) is 22.0 Å². The Labute approximate surface area is 211 Å². The van der Waals surface area contributed by atoms with Gasteiger partial charge in [0, 0.05) is 43.0 Å². The molecular formula is C27H25FN6O3. The van der Waals surface area contributed by atoms with Gasteiger partial charge in [-0.25, -0.2) is 8.91 Å². The molecule has 5 aromatic rings. The SMILES string of the molecule is COCC(=O)Nc1nc2ccc(-c3ccc4c(c3)c(C(=O)N[C@@H](C)c3cccc(F)c3)cn4C)cn2n1. The summed E-state index contributed by atoms with van der Waals surface area (Å²) in [6.45, 7) is 1.73. The van der Waals surface area contributed by atoms with Crippen molar-refractivity contribution < 1.29 is 18.7 Å². The lowest BCUT2D eigenvalue weighted by atomic mass is 10.0. The first-order valence-corrected chi connectivity index (χ1v) is 11.6. The number of methoxy groups -OCH3 is 1. The Morgan fingerprint density at radius 3 is 2.68 bits per heavy atom. The van der Waals surface area contributed by atoms with Crippen LogP contribution < -0.4 is 10.6 Å². The topological polar surface area (TPSA) is 103 Å². The summed E-state index contributed by atoms with van der Waals surface area (Å²) >= 11 is 0. The minimum absolute atomic E-state index is 0.0885. The number of rotatable bonds is 7. The summed E-state index contributed by atoms with van der Waals surface area (Å²) in [6, 6.07) is 15.4. The molecular weight excluding hydrogens is 475 g/mol. The number of aromatic nitrogens is 4. The van der Waals surface area contributed by atoms with Crippen LogP contribution in [0.2, 0.25) is 0 Å². The largest absolute Gasteiger partial charge is 0.375 e. The third-order valence-electron chi connectivity index (χ3n) is 6.12. The first kappa shape index (κ1) is 24.1. The van der Waals surface area contributed by atoms with Crippen LogP contribution in [0.3, 0.4) is 0 Å². The fourth-order valence-electron chi connectivity index (χ4n) is 4.28. The maximum atomic E-state index is 13.6. The molecule has 0 unspecified atom stereocenters. The highest BCUT2D eigenvalue weighted by Crippen LogP contribution is 2.28. The maximum Gasteiger partial charge on any atom is 0.253 e. The highest BCUT2D eigenvalue weighted by molar-refractivity contribution is 6.08. The Morgan fingerprint density at radius 2 is 1.89 bits per heavy atom. The smallest absolute Gasteiger partial charge is 0.253 e. The van der Waals surface area contributed by atoms with E-state index in [-0.39, 0.29) is 36.2 Å². The Morgan fingerprint density at radius 1 is 1.08 bits per heavy atom. The molecule has 0 saturated carbocycles. The number of ether oxygens (including phenoxy) is 1. The Balaban J connectivity index is 1.44. The second kappa shape index (κ2) is 9.82. The van der Waals surface area contributed by atoms with Crippen LogP contribution in [-0.2, 0) is 16.6 Å². The number of nitrogens with zero attached hydrogens (tertiary/aromatic N) is 4. The number of pyridine rings is 1. The van der Waals surface area contributed by atoms with E-state index in [1.165, 1.54) is 19.2 Å². The molecule has 1 atom stereocenters. The van der Waals surface area contributed by atoms with Gasteiger partial charge in [0.05, 0.1) is 11.6 Å². The Hall–Kier alpha value is -4.57.